The van der Waals surface area contributed by atoms with Gasteiger partial charge in [-0.15, -0.1) is 5.92 Å². The normalized spacial score (nSPS) is 26.1. The molecule has 2 aliphatic rings. The Morgan fingerprint density at radius 2 is 1.78 bits per heavy atom. The predicted molar refractivity (Wildman–Crippen MR) is 91.3 cm³/mol. The van der Waals surface area contributed by atoms with Crippen molar-refractivity contribution in [3.8, 4) is 11.8 Å². The lowest BCUT2D eigenvalue weighted by molar-refractivity contribution is -0.136. The Morgan fingerprint density at radius 1 is 1.13 bits per heavy atom. The van der Waals surface area contributed by atoms with Crippen LogP contribution in [0.1, 0.15) is 67.7 Å². The highest BCUT2D eigenvalue weighted by Gasteiger charge is 2.48. The lowest BCUT2D eigenvalue weighted by Crippen LogP contribution is -2.35. The second-order valence-corrected chi connectivity index (χ2v) is 6.94. The van der Waals surface area contributed by atoms with E-state index in [2.05, 4.69) is 24.8 Å². The first-order valence-electron chi connectivity index (χ1n) is 8.70. The van der Waals surface area contributed by atoms with Gasteiger partial charge in [-0.1, -0.05) is 19.3 Å². The van der Waals surface area contributed by atoms with Crippen molar-refractivity contribution >= 4 is 11.6 Å². The molecular formula is C21H24O2. The number of aryl methyl sites for hydroxylation is 2. The van der Waals surface area contributed by atoms with Crippen LogP contribution in [-0.4, -0.2) is 11.6 Å². The van der Waals surface area contributed by atoms with E-state index in [9.17, 15) is 9.59 Å². The monoisotopic (exact) mass is 308 g/mol. The number of benzene rings is 1. The zero-order valence-corrected chi connectivity index (χ0v) is 14.2. The zero-order valence-electron chi connectivity index (χ0n) is 14.2. The van der Waals surface area contributed by atoms with E-state index >= 15 is 0 Å². The number of hydrogen-bond acceptors (Lipinski definition) is 2. The number of carbonyl (C=O) groups excluding carboxylic acids is 2. The number of rotatable bonds is 3. The van der Waals surface area contributed by atoms with E-state index < -0.39 is 5.92 Å². The maximum absolute atomic E-state index is 12.9. The highest BCUT2D eigenvalue weighted by atomic mass is 16.2. The fraction of sp³-hybridized carbons (Fsp3) is 0.524. The van der Waals surface area contributed by atoms with Gasteiger partial charge in [0.15, 0.2) is 11.6 Å². The van der Waals surface area contributed by atoms with Gasteiger partial charge >= 0.3 is 0 Å². The average Bonchev–Trinajstić information content (AvgIpc) is 2.96. The van der Waals surface area contributed by atoms with Crippen LogP contribution in [-0.2, 0) is 16.0 Å². The number of Topliss-reactive ketones (excluding diaryl/α,β-unsaturated/α-hetero) is 2. The molecule has 2 atom stereocenters. The smallest absolute Gasteiger partial charge is 0.150 e. The quantitative estimate of drug-likeness (QED) is 0.625. The van der Waals surface area contributed by atoms with Gasteiger partial charge in [-0.3, -0.25) is 9.59 Å². The first-order valence-corrected chi connectivity index (χ1v) is 8.70. The molecule has 0 spiro atoms. The van der Waals surface area contributed by atoms with Crippen LogP contribution in [0.5, 0.6) is 0 Å². The molecule has 0 aromatic heterocycles. The van der Waals surface area contributed by atoms with Crippen molar-refractivity contribution < 1.29 is 9.59 Å². The van der Waals surface area contributed by atoms with Crippen LogP contribution in [0.2, 0.25) is 0 Å². The van der Waals surface area contributed by atoms with Crippen LogP contribution in [0.25, 0.3) is 0 Å². The summed E-state index contributed by atoms with van der Waals surface area (Å²) >= 11 is 0. The van der Waals surface area contributed by atoms with E-state index in [0.29, 0.717) is 0 Å². The summed E-state index contributed by atoms with van der Waals surface area (Å²) in [6, 6.07) is 4.11. The minimum atomic E-state index is -0.522. The van der Waals surface area contributed by atoms with Crippen molar-refractivity contribution in [1.29, 1.82) is 0 Å². The molecule has 120 valence electrons. The molecule has 2 heteroatoms. The van der Waals surface area contributed by atoms with E-state index in [1.54, 1.807) is 0 Å². The third-order valence-electron chi connectivity index (χ3n) is 5.36. The average molecular weight is 308 g/mol. The minimum absolute atomic E-state index is 0.103. The van der Waals surface area contributed by atoms with Gasteiger partial charge < -0.3 is 0 Å². The summed E-state index contributed by atoms with van der Waals surface area (Å²) in [5, 5.41) is 0. The molecule has 0 heterocycles. The Labute approximate surface area is 138 Å². The van der Waals surface area contributed by atoms with Crippen LogP contribution >= 0.6 is 0 Å². The standard InChI is InChI=1S/C21H24O2/c1-4-6-14-10-13(3)18(15(11-14)7-5-2)19-20(22)16-8-9-17(12-16)21(19)23/h10-11,16-17,19H,5,7-9,12H2,1-3H3. The SMILES string of the molecule is CC#Cc1cc(C)c(C2C(=O)C3CCC(C3)C2=O)c(CCC)c1. The Kier molecular flexibility index (Phi) is 4.39. The van der Waals surface area contributed by atoms with Crippen molar-refractivity contribution in [2.75, 3.05) is 0 Å². The predicted octanol–water partition coefficient (Wildman–Crippen LogP) is 3.97. The van der Waals surface area contributed by atoms with Gasteiger partial charge in [-0.2, -0.15) is 0 Å². The maximum atomic E-state index is 12.9. The van der Waals surface area contributed by atoms with Gasteiger partial charge in [0.05, 0.1) is 0 Å². The molecule has 2 unspecified atom stereocenters. The van der Waals surface area contributed by atoms with Crippen LogP contribution in [0.4, 0.5) is 0 Å². The maximum Gasteiger partial charge on any atom is 0.150 e. The molecule has 2 saturated carbocycles. The van der Waals surface area contributed by atoms with Crippen LogP contribution < -0.4 is 0 Å². The molecule has 0 N–H and O–H groups in total. The van der Waals surface area contributed by atoms with Crippen LogP contribution in [0, 0.1) is 30.6 Å². The summed E-state index contributed by atoms with van der Waals surface area (Å²) < 4.78 is 0. The first kappa shape index (κ1) is 16.0. The van der Waals surface area contributed by atoms with Crippen molar-refractivity contribution in [1.82, 2.24) is 0 Å². The Balaban J connectivity index is 2.12. The van der Waals surface area contributed by atoms with E-state index in [4.69, 9.17) is 0 Å². The molecule has 0 amide bonds. The molecule has 1 aromatic rings. The Bertz CT molecular complexity index is 695. The van der Waals surface area contributed by atoms with Crippen molar-refractivity contribution in [2.24, 2.45) is 11.8 Å². The summed E-state index contributed by atoms with van der Waals surface area (Å²) in [5.41, 5.74) is 4.15. The highest BCUT2D eigenvalue weighted by molar-refractivity contribution is 6.12. The second-order valence-electron chi connectivity index (χ2n) is 6.94. The van der Waals surface area contributed by atoms with Gasteiger partial charge in [0.25, 0.3) is 0 Å². The van der Waals surface area contributed by atoms with Crippen LogP contribution in [0.3, 0.4) is 0 Å². The molecule has 2 aliphatic carbocycles. The van der Waals surface area contributed by atoms with Crippen LogP contribution in [0.15, 0.2) is 12.1 Å². The number of fused-ring (bicyclic) bond motifs is 2. The molecule has 2 nitrogen and oxygen atoms in total. The fourth-order valence-corrected chi connectivity index (χ4v) is 4.37. The molecule has 2 bridgehead atoms. The number of carbonyl (C=O) groups is 2. The lowest BCUT2D eigenvalue weighted by atomic mass is 9.72. The van der Waals surface area contributed by atoms with Gasteiger partial charge in [0, 0.05) is 17.4 Å². The molecule has 3 rings (SSSR count). The number of ketones is 2. The summed E-state index contributed by atoms with van der Waals surface area (Å²) in [6.07, 6.45) is 4.47. The van der Waals surface area contributed by atoms with Crippen molar-refractivity contribution in [2.45, 2.75) is 58.8 Å². The van der Waals surface area contributed by atoms with E-state index in [1.165, 1.54) is 0 Å². The molecule has 0 aliphatic heterocycles. The minimum Gasteiger partial charge on any atom is -0.298 e. The van der Waals surface area contributed by atoms with Gasteiger partial charge in [0.1, 0.15) is 5.92 Å². The summed E-state index contributed by atoms with van der Waals surface area (Å²) in [6.45, 7) is 5.98. The van der Waals surface area contributed by atoms with E-state index in [0.717, 1.165) is 54.4 Å². The molecule has 23 heavy (non-hydrogen) atoms. The molecule has 0 radical (unpaired) electrons. The number of hydrogen-bond donors (Lipinski definition) is 0. The van der Waals surface area contributed by atoms with Gasteiger partial charge in [-0.25, -0.2) is 0 Å². The molecular weight excluding hydrogens is 284 g/mol. The van der Waals surface area contributed by atoms with E-state index in [-0.39, 0.29) is 23.4 Å². The molecule has 2 fully saturated rings. The summed E-state index contributed by atoms with van der Waals surface area (Å²) in [4.78, 5) is 25.7. The Morgan fingerprint density at radius 3 is 2.35 bits per heavy atom. The summed E-state index contributed by atoms with van der Waals surface area (Å²) in [5.74, 6) is 6.06. The lowest BCUT2D eigenvalue weighted by Gasteiger charge is -2.28. The van der Waals surface area contributed by atoms with E-state index in [1.807, 2.05) is 19.9 Å². The largest absolute Gasteiger partial charge is 0.298 e. The molecule has 1 aromatic carbocycles. The third-order valence-corrected chi connectivity index (χ3v) is 5.36. The fourth-order valence-electron chi connectivity index (χ4n) is 4.37. The third kappa shape index (κ3) is 2.74. The van der Waals surface area contributed by atoms with Crippen molar-refractivity contribution in [3.63, 3.8) is 0 Å². The zero-order chi connectivity index (χ0) is 16.6. The van der Waals surface area contributed by atoms with Gasteiger partial charge in [0.2, 0.25) is 0 Å². The van der Waals surface area contributed by atoms with Gasteiger partial charge in [-0.05, 0) is 68.4 Å². The second kappa shape index (κ2) is 6.32. The Hall–Kier alpha value is -1.88. The first-order chi connectivity index (χ1) is 11.1. The summed E-state index contributed by atoms with van der Waals surface area (Å²) in [7, 11) is 0. The highest BCUT2D eigenvalue weighted by Crippen LogP contribution is 2.45. The van der Waals surface area contributed by atoms with Crippen molar-refractivity contribution in [3.05, 3.63) is 34.4 Å². The topological polar surface area (TPSA) is 34.1 Å². The molecule has 0 saturated heterocycles.